The van der Waals surface area contributed by atoms with Crippen molar-refractivity contribution in [2.45, 2.75) is 30.2 Å². The van der Waals surface area contributed by atoms with E-state index in [0.717, 1.165) is 0 Å². The monoisotopic (exact) mass is 210 g/mol. The summed E-state index contributed by atoms with van der Waals surface area (Å²) >= 11 is 0. The molecule has 1 saturated heterocycles. The van der Waals surface area contributed by atoms with Crippen molar-refractivity contribution in [3.8, 4) is 0 Å². The van der Waals surface area contributed by atoms with Crippen molar-refractivity contribution in [3.63, 3.8) is 0 Å². The molecular formula is C7H14O7. The fraction of sp³-hybridized carbons (Fsp3) is 1.00. The number of rotatable bonds is 2. The van der Waals surface area contributed by atoms with Crippen LogP contribution in [0.4, 0.5) is 0 Å². The molecule has 0 aromatic rings. The Kier molecular flexibility index (Phi) is 3.43. The molecule has 6 N–H and O–H groups in total. The second-order valence-electron chi connectivity index (χ2n) is 3.27. The molecule has 84 valence electrons. The molecule has 0 amide bonds. The van der Waals surface area contributed by atoms with Gasteiger partial charge in [0.05, 0.1) is 13.2 Å². The molecule has 2 unspecified atom stereocenters. The van der Waals surface area contributed by atoms with E-state index in [1.54, 1.807) is 0 Å². The third-order valence-electron chi connectivity index (χ3n) is 2.28. The van der Waals surface area contributed by atoms with E-state index in [-0.39, 0.29) is 0 Å². The van der Waals surface area contributed by atoms with Gasteiger partial charge in [0.25, 0.3) is 0 Å². The molecule has 7 heteroatoms. The van der Waals surface area contributed by atoms with Gasteiger partial charge >= 0.3 is 0 Å². The Bertz CT molecular complexity index is 196. The van der Waals surface area contributed by atoms with E-state index in [9.17, 15) is 20.4 Å². The first-order valence-corrected chi connectivity index (χ1v) is 4.12. The summed E-state index contributed by atoms with van der Waals surface area (Å²) in [5.41, 5.74) is 0. The van der Waals surface area contributed by atoms with Gasteiger partial charge in [0, 0.05) is 0 Å². The molecule has 1 rings (SSSR count). The lowest BCUT2D eigenvalue weighted by Gasteiger charge is -2.44. The van der Waals surface area contributed by atoms with Crippen LogP contribution in [-0.2, 0) is 4.74 Å². The molecule has 0 radical (unpaired) electrons. The van der Waals surface area contributed by atoms with Crippen molar-refractivity contribution in [3.05, 3.63) is 0 Å². The average Bonchev–Trinajstić information content (AvgIpc) is 2.20. The number of hydrogen-bond donors (Lipinski definition) is 6. The van der Waals surface area contributed by atoms with Crippen LogP contribution in [-0.4, -0.2) is 74.1 Å². The van der Waals surface area contributed by atoms with E-state index >= 15 is 0 Å². The van der Waals surface area contributed by atoms with Crippen molar-refractivity contribution in [2.75, 3.05) is 13.2 Å². The third-order valence-corrected chi connectivity index (χ3v) is 2.28. The summed E-state index contributed by atoms with van der Waals surface area (Å²) in [6.07, 6.45) is -6.27. The predicted octanol–water partition coefficient (Wildman–Crippen LogP) is -3.86. The first kappa shape index (κ1) is 11.8. The Hall–Kier alpha value is -0.280. The summed E-state index contributed by atoms with van der Waals surface area (Å²) in [5.74, 6) is -2.36. The van der Waals surface area contributed by atoms with Gasteiger partial charge in [-0.1, -0.05) is 0 Å². The van der Waals surface area contributed by atoms with Gasteiger partial charge in [-0.15, -0.1) is 0 Å². The molecular weight excluding hydrogens is 196 g/mol. The van der Waals surface area contributed by atoms with Crippen LogP contribution in [0.15, 0.2) is 0 Å². The van der Waals surface area contributed by atoms with Gasteiger partial charge in [0.1, 0.15) is 24.4 Å². The van der Waals surface area contributed by atoms with Gasteiger partial charge in [-0.25, -0.2) is 0 Å². The van der Waals surface area contributed by atoms with Crippen LogP contribution in [0.2, 0.25) is 0 Å². The van der Waals surface area contributed by atoms with E-state index < -0.39 is 43.4 Å². The normalized spacial score (nSPS) is 49.3. The van der Waals surface area contributed by atoms with E-state index in [4.69, 9.17) is 10.2 Å². The molecule has 0 aromatic heterocycles. The van der Waals surface area contributed by atoms with Gasteiger partial charge in [0.2, 0.25) is 5.79 Å². The maximum atomic E-state index is 9.43. The zero-order valence-electron chi connectivity index (χ0n) is 7.32. The highest BCUT2D eigenvalue weighted by molar-refractivity contribution is 4.95. The standard InChI is InChI=1S/C7H14O7/c8-1-3-4(10)5(11)6(12)7(13,2-9)14-3/h3-6,8-13H,1-2H2/t3-,4?,5+,6-,7?/m1/s1. The van der Waals surface area contributed by atoms with Gasteiger partial charge in [-0.05, 0) is 0 Å². The molecule has 0 spiro atoms. The van der Waals surface area contributed by atoms with Crippen LogP contribution in [0, 0.1) is 0 Å². The summed E-state index contributed by atoms with van der Waals surface area (Å²) in [7, 11) is 0. The Morgan fingerprint density at radius 1 is 1.07 bits per heavy atom. The topological polar surface area (TPSA) is 131 Å². The largest absolute Gasteiger partial charge is 0.394 e. The first-order valence-electron chi connectivity index (χ1n) is 4.12. The molecule has 1 aliphatic heterocycles. The molecule has 5 atom stereocenters. The first-order chi connectivity index (χ1) is 6.46. The number of hydrogen-bond acceptors (Lipinski definition) is 7. The Labute approximate surface area is 79.8 Å². The van der Waals surface area contributed by atoms with Gasteiger partial charge in [-0.3, -0.25) is 0 Å². The second-order valence-corrected chi connectivity index (χ2v) is 3.27. The number of aliphatic hydroxyl groups is 6. The molecule has 1 fully saturated rings. The van der Waals surface area contributed by atoms with Crippen molar-refractivity contribution in [1.82, 2.24) is 0 Å². The fourth-order valence-corrected chi connectivity index (χ4v) is 1.35. The SMILES string of the molecule is OC[C@H]1OC(O)(CO)[C@H](O)[C@@H](O)C1O. The van der Waals surface area contributed by atoms with Crippen LogP contribution < -0.4 is 0 Å². The van der Waals surface area contributed by atoms with E-state index in [0.29, 0.717) is 0 Å². The lowest BCUT2D eigenvalue weighted by atomic mass is 9.93. The fourth-order valence-electron chi connectivity index (χ4n) is 1.35. The Morgan fingerprint density at radius 2 is 1.64 bits per heavy atom. The Balaban J connectivity index is 2.84. The molecule has 0 saturated carbocycles. The van der Waals surface area contributed by atoms with E-state index in [1.165, 1.54) is 0 Å². The quantitative estimate of drug-likeness (QED) is 0.275. The van der Waals surface area contributed by atoms with Crippen LogP contribution in [0.3, 0.4) is 0 Å². The molecule has 1 heterocycles. The molecule has 0 aromatic carbocycles. The summed E-state index contributed by atoms with van der Waals surface area (Å²) < 4.78 is 4.66. The molecule has 7 nitrogen and oxygen atoms in total. The van der Waals surface area contributed by atoms with Crippen LogP contribution in [0.5, 0.6) is 0 Å². The smallest absolute Gasteiger partial charge is 0.219 e. The lowest BCUT2D eigenvalue weighted by Crippen LogP contribution is -2.66. The Morgan fingerprint density at radius 3 is 2.07 bits per heavy atom. The zero-order valence-corrected chi connectivity index (χ0v) is 7.32. The second kappa shape index (κ2) is 4.07. The zero-order chi connectivity index (χ0) is 10.9. The minimum Gasteiger partial charge on any atom is -0.394 e. The van der Waals surface area contributed by atoms with E-state index in [2.05, 4.69) is 4.74 Å². The maximum Gasteiger partial charge on any atom is 0.219 e. The van der Waals surface area contributed by atoms with Crippen LogP contribution >= 0.6 is 0 Å². The minimum absolute atomic E-state index is 0.646. The summed E-state index contributed by atoms with van der Waals surface area (Å²) in [5, 5.41) is 54.6. The third kappa shape index (κ3) is 1.75. The summed E-state index contributed by atoms with van der Waals surface area (Å²) in [4.78, 5) is 0. The van der Waals surface area contributed by atoms with Gasteiger partial charge in [-0.2, -0.15) is 0 Å². The predicted molar refractivity (Wildman–Crippen MR) is 42.0 cm³/mol. The van der Waals surface area contributed by atoms with Gasteiger partial charge in [0.15, 0.2) is 0 Å². The van der Waals surface area contributed by atoms with Crippen LogP contribution in [0.1, 0.15) is 0 Å². The summed E-state index contributed by atoms with van der Waals surface area (Å²) in [6.45, 7) is -1.60. The minimum atomic E-state index is -2.36. The van der Waals surface area contributed by atoms with Crippen LogP contribution in [0.25, 0.3) is 0 Å². The van der Waals surface area contributed by atoms with Crippen molar-refractivity contribution in [2.24, 2.45) is 0 Å². The van der Waals surface area contributed by atoms with Crippen molar-refractivity contribution < 1.29 is 35.4 Å². The maximum absolute atomic E-state index is 9.43. The molecule has 14 heavy (non-hydrogen) atoms. The highest BCUT2D eigenvalue weighted by Gasteiger charge is 2.52. The van der Waals surface area contributed by atoms with Crippen molar-refractivity contribution >= 4 is 0 Å². The molecule has 1 aliphatic rings. The molecule has 0 aliphatic carbocycles. The average molecular weight is 210 g/mol. The summed E-state index contributed by atoms with van der Waals surface area (Å²) in [6, 6.07) is 0. The highest BCUT2D eigenvalue weighted by Crippen LogP contribution is 2.27. The van der Waals surface area contributed by atoms with E-state index in [1.807, 2.05) is 0 Å². The number of aliphatic hydroxyl groups excluding tert-OH is 5. The number of ether oxygens (including phenoxy) is 1. The lowest BCUT2D eigenvalue weighted by molar-refractivity contribution is -0.357. The van der Waals surface area contributed by atoms with Gasteiger partial charge < -0.3 is 35.4 Å². The van der Waals surface area contributed by atoms with Crippen molar-refractivity contribution in [1.29, 1.82) is 0 Å². The highest BCUT2D eigenvalue weighted by atomic mass is 16.7. The molecule has 0 bridgehead atoms.